The van der Waals surface area contributed by atoms with Crippen molar-refractivity contribution in [2.45, 2.75) is 20.0 Å². The highest BCUT2D eigenvalue weighted by molar-refractivity contribution is 9.10. The summed E-state index contributed by atoms with van der Waals surface area (Å²) >= 11 is 10.8. The van der Waals surface area contributed by atoms with Crippen LogP contribution in [-0.4, -0.2) is 11.1 Å². The number of nitrogens with one attached hydrogen (secondary N) is 1. The molecule has 1 aliphatic heterocycles. The number of carbonyl (C=O) groups is 1. The van der Waals surface area contributed by atoms with Crippen molar-refractivity contribution in [3.63, 3.8) is 0 Å². The number of carbonyl (C=O) groups excluding carboxylic acids is 1. The molecule has 1 fully saturated rings. The van der Waals surface area contributed by atoms with Crippen molar-refractivity contribution in [2.75, 3.05) is 0 Å². The second kappa shape index (κ2) is 10.4. The first-order valence-corrected chi connectivity index (χ1v) is 12.0. The summed E-state index contributed by atoms with van der Waals surface area (Å²) in [7, 11) is 0. The predicted molar refractivity (Wildman–Crippen MR) is 137 cm³/mol. The second-order valence-electron chi connectivity index (χ2n) is 7.11. The lowest BCUT2D eigenvalue weighted by atomic mass is 10.2. The molecule has 0 unspecified atom stereocenters. The Morgan fingerprint density at radius 1 is 1.06 bits per heavy atom. The van der Waals surface area contributed by atoms with Crippen molar-refractivity contribution in [1.29, 1.82) is 0 Å². The second-order valence-corrected chi connectivity index (χ2v) is 9.43. The summed E-state index contributed by atoms with van der Waals surface area (Å²) in [5, 5.41) is 4.10. The predicted octanol–water partition coefficient (Wildman–Crippen LogP) is 7.14. The van der Waals surface area contributed by atoms with E-state index >= 15 is 0 Å². The fraction of sp³-hybridized carbons (Fsp3) is 0.120. The molecule has 0 spiro atoms. The summed E-state index contributed by atoms with van der Waals surface area (Å²) in [6.45, 7) is 2.55. The summed E-state index contributed by atoms with van der Waals surface area (Å²) in [6, 6.07) is 21.3. The van der Waals surface area contributed by atoms with Crippen LogP contribution in [0.25, 0.3) is 6.08 Å². The summed E-state index contributed by atoms with van der Waals surface area (Å²) in [5.41, 5.74) is 3.99. The molecule has 32 heavy (non-hydrogen) atoms. The van der Waals surface area contributed by atoms with Gasteiger partial charge in [-0.2, -0.15) is 0 Å². The van der Waals surface area contributed by atoms with E-state index in [9.17, 15) is 4.79 Å². The first-order chi connectivity index (χ1) is 15.5. The molecular weight excluding hydrogens is 508 g/mol. The number of amides is 1. The summed E-state index contributed by atoms with van der Waals surface area (Å²) in [6.07, 6.45) is 2.83. The molecule has 1 N–H and O–H groups in total. The Hall–Kier alpha value is -2.54. The standard InChI is InChI=1S/C25H20BrClN2O2S/c1-2-16-5-10-20(11-6-16)28-25-29-24(30)23(32-25)14-18-7-12-22(21(26)13-18)31-15-17-3-8-19(27)9-4-17/h3-14H,2,15H2,1H3,(H,28,29,30)/b23-14-. The van der Waals surface area contributed by atoms with Gasteiger partial charge in [0, 0.05) is 5.02 Å². The van der Waals surface area contributed by atoms with Crippen molar-refractivity contribution in [2.24, 2.45) is 4.99 Å². The van der Waals surface area contributed by atoms with Crippen molar-refractivity contribution in [3.05, 3.63) is 97.8 Å². The normalized spacial score (nSPS) is 15.9. The van der Waals surface area contributed by atoms with Gasteiger partial charge in [-0.05, 0) is 93.3 Å². The molecule has 0 aromatic heterocycles. The van der Waals surface area contributed by atoms with Crippen LogP contribution in [0.5, 0.6) is 5.75 Å². The van der Waals surface area contributed by atoms with Crippen molar-refractivity contribution < 1.29 is 9.53 Å². The maximum absolute atomic E-state index is 12.4. The molecule has 1 heterocycles. The maximum atomic E-state index is 12.4. The summed E-state index contributed by atoms with van der Waals surface area (Å²) in [4.78, 5) is 17.5. The third-order valence-corrected chi connectivity index (χ3v) is 6.57. The average molecular weight is 528 g/mol. The van der Waals surface area contributed by atoms with Crippen LogP contribution in [0.4, 0.5) is 5.69 Å². The van der Waals surface area contributed by atoms with Gasteiger partial charge >= 0.3 is 0 Å². The number of ether oxygens (including phenoxy) is 1. The molecule has 4 rings (SSSR count). The minimum atomic E-state index is -0.155. The van der Waals surface area contributed by atoms with Crippen LogP contribution >= 0.6 is 39.3 Å². The summed E-state index contributed by atoms with van der Waals surface area (Å²) < 4.78 is 6.71. The molecule has 7 heteroatoms. The lowest BCUT2D eigenvalue weighted by Gasteiger charge is -2.09. The number of thioether (sulfide) groups is 1. The van der Waals surface area contributed by atoms with E-state index in [1.165, 1.54) is 17.3 Å². The van der Waals surface area contributed by atoms with Gasteiger partial charge in [0.25, 0.3) is 5.91 Å². The van der Waals surface area contributed by atoms with Gasteiger partial charge in [0.2, 0.25) is 0 Å². The fourth-order valence-corrected chi connectivity index (χ4v) is 4.50. The third-order valence-electron chi connectivity index (χ3n) is 4.79. The molecule has 1 saturated heterocycles. The van der Waals surface area contributed by atoms with Gasteiger partial charge in [-0.1, -0.05) is 48.9 Å². The molecule has 0 atom stereocenters. The number of aliphatic imine (C=N–C) groups is 1. The van der Waals surface area contributed by atoms with Crippen molar-refractivity contribution in [1.82, 2.24) is 5.32 Å². The zero-order valence-corrected chi connectivity index (χ0v) is 20.4. The van der Waals surface area contributed by atoms with Gasteiger partial charge in [-0.15, -0.1) is 0 Å². The molecule has 0 radical (unpaired) electrons. The number of benzene rings is 3. The average Bonchev–Trinajstić information content (AvgIpc) is 3.13. The van der Waals surface area contributed by atoms with E-state index in [1.54, 1.807) is 0 Å². The Kier molecular flexibility index (Phi) is 7.35. The van der Waals surface area contributed by atoms with Crippen LogP contribution in [0.3, 0.4) is 0 Å². The Bertz CT molecular complexity index is 1190. The minimum absolute atomic E-state index is 0.155. The molecule has 0 saturated carbocycles. The highest BCUT2D eigenvalue weighted by Gasteiger charge is 2.23. The SMILES string of the molecule is CCc1ccc(N=C2NC(=O)/C(=C/c3ccc(OCc4ccc(Cl)cc4)c(Br)c3)S2)cc1. The number of aryl methyl sites for hydroxylation is 1. The minimum Gasteiger partial charge on any atom is -0.488 e. The topological polar surface area (TPSA) is 50.7 Å². The Morgan fingerprint density at radius 3 is 2.47 bits per heavy atom. The number of nitrogens with zero attached hydrogens (tertiary/aromatic N) is 1. The lowest BCUT2D eigenvalue weighted by Crippen LogP contribution is -2.19. The zero-order chi connectivity index (χ0) is 22.5. The van der Waals surface area contributed by atoms with E-state index in [0.29, 0.717) is 21.7 Å². The van der Waals surface area contributed by atoms with Crippen LogP contribution in [0.15, 0.2) is 81.1 Å². The molecule has 0 aliphatic carbocycles. The highest BCUT2D eigenvalue weighted by atomic mass is 79.9. The maximum Gasteiger partial charge on any atom is 0.264 e. The third kappa shape index (κ3) is 5.82. The lowest BCUT2D eigenvalue weighted by molar-refractivity contribution is -0.115. The molecule has 3 aromatic rings. The number of amidine groups is 1. The van der Waals surface area contributed by atoms with E-state index in [-0.39, 0.29) is 5.91 Å². The van der Waals surface area contributed by atoms with E-state index in [0.717, 1.165) is 33.5 Å². The van der Waals surface area contributed by atoms with Crippen molar-refractivity contribution in [3.8, 4) is 5.75 Å². The highest BCUT2D eigenvalue weighted by Crippen LogP contribution is 2.31. The molecule has 4 nitrogen and oxygen atoms in total. The molecule has 3 aromatic carbocycles. The largest absolute Gasteiger partial charge is 0.488 e. The number of rotatable bonds is 6. The summed E-state index contributed by atoms with van der Waals surface area (Å²) in [5.74, 6) is 0.571. The first kappa shape index (κ1) is 22.6. The molecule has 0 bridgehead atoms. The molecule has 162 valence electrons. The Morgan fingerprint density at radius 2 is 1.78 bits per heavy atom. The monoisotopic (exact) mass is 526 g/mol. The number of hydrogen-bond donors (Lipinski definition) is 1. The zero-order valence-electron chi connectivity index (χ0n) is 17.3. The van der Waals surface area contributed by atoms with E-state index < -0.39 is 0 Å². The number of hydrogen-bond acceptors (Lipinski definition) is 4. The van der Waals surface area contributed by atoms with Gasteiger partial charge in [-0.25, -0.2) is 4.99 Å². The molecular formula is C25H20BrClN2O2S. The fourth-order valence-electron chi connectivity index (χ4n) is 3.02. The molecule has 1 amide bonds. The Balaban J connectivity index is 1.43. The van der Waals surface area contributed by atoms with Gasteiger partial charge in [0.1, 0.15) is 12.4 Å². The van der Waals surface area contributed by atoms with Gasteiger partial charge in [-0.3, -0.25) is 4.79 Å². The van der Waals surface area contributed by atoms with Crippen LogP contribution < -0.4 is 10.1 Å². The van der Waals surface area contributed by atoms with Crippen LogP contribution in [0.1, 0.15) is 23.6 Å². The molecule has 1 aliphatic rings. The van der Waals surface area contributed by atoms with Crippen LogP contribution in [-0.2, 0) is 17.8 Å². The van der Waals surface area contributed by atoms with Gasteiger partial charge < -0.3 is 10.1 Å². The van der Waals surface area contributed by atoms with Crippen LogP contribution in [0.2, 0.25) is 5.02 Å². The Labute approximate surface area is 204 Å². The van der Waals surface area contributed by atoms with E-state index in [2.05, 4.69) is 33.2 Å². The van der Waals surface area contributed by atoms with Gasteiger partial charge in [0.05, 0.1) is 15.1 Å². The van der Waals surface area contributed by atoms with E-state index in [4.69, 9.17) is 16.3 Å². The van der Waals surface area contributed by atoms with Gasteiger partial charge in [0.15, 0.2) is 5.17 Å². The van der Waals surface area contributed by atoms with Crippen molar-refractivity contribution >= 4 is 62.1 Å². The smallest absolute Gasteiger partial charge is 0.264 e. The quantitative estimate of drug-likeness (QED) is 0.347. The number of halogens is 2. The first-order valence-electron chi connectivity index (χ1n) is 10.1. The van der Waals surface area contributed by atoms with E-state index in [1.807, 2.05) is 72.8 Å². The van der Waals surface area contributed by atoms with Crippen LogP contribution in [0, 0.1) is 0 Å².